The lowest BCUT2D eigenvalue weighted by molar-refractivity contribution is -0.119. The molecule has 116 valence electrons. The van der Waals surface area contributed by atoms with Crippen molar-refractivity contribution in [2.24, 2.45) is 0 Å². The first-order valence-corrected chi connectivity index (χ1v) is 7.13. The molecule has 0 aromatic carbocycles. The fraction of sp³-hybridized carbons (Fsp3) is 0.643. The fourth-order valence-electron chi connectivity index (χ4n) is 2.07. The van der Waals surface area contributed by atoms with Crippen LogP contribution >= 0.6 is 0 Å². The van der Waals surface area contributed by atoms with Crippen molar-refractivity contribution in [3.05, 3.63) is 11.4 Å². The Balaban J connectivity index is 2.04. The molecule has 1 amide bonds. The molecule has 1 fully saturated rings. The van der Waals surface area contributed by atoms with Crippen LogP contribution in [0.3, 0.4) is 0 Å². The Morgan fingerprint density at radius 1 is 1.48 bits per heavy atom. The summed E-state index contributed by atoms with van der Waals surface area (Å²) in [5.41, 5.74) is 6.77. The molecule has 2 rings (SSSR count). The third-order valence-electron chi connectivity index (χ3n) is 3.49. The molecule has 21 heavy (non-hydrogen) atoms. The highest BCUT2D eigenvalue weighted by molar-refractivity contribution is 5.81. The van der Waals surface area contributed by atoms with Crippen molar-refractivity contribution < 1.29 is 9.53 Å². The smallest absolute Gasteiger partial charge is 0.239 e. The zero-order valence-corrected chi connectivity index (χ0v) is 12.8. The zero-order valence-electron chi connectivity index (χ0n) is 12.8. The van der Waals surface area contributed by atoms with Gasteiger partial charge in [-0.05, 0) is 19.8 Å². The number of nitrogen functional groups attached to an aromatic ring is 1. The van der Waals surface area contributed by atoms with Crippen molar-refractivity contribution in [3.63, 3.8) is 0 Å². The van der Waals surface area contributed by atoms with Gasteiger partial charge < -0.3 is 20.7 Å². The first-order chi connectivity index (χ1) is 10.0. The number of rotatable bonds is 7. The van der Waals surface area contributed by atoms with Gasteiger partial charge in [0.25, 0.3) is 0 Å². The van der Waals surface area contributed by atoms with E-state index in [9.17, 15) is 4.79 Å². The summed E-state index contributed by atoms with van der Waals surface area (Å²) in [6, 6.07) is 0. The molecule has 0 radical (unpaired) electrons. The lowest BCUT2D eigenvalue weighted by Crippen LogP contribution is -2.37. The van der Waals surface area contributed by atoms with E-state index in [0.717, 1.165) is 30.0 Å². The molecule has 3 N–H and O–H groups in total. The highest BCUT2D eigenvalue weighted by Gasteiger charge is 2.28. The van der Waals surface area contributed by atoms with E-state index in [1.54, 1.807) is 12.0 Å². The third-order valence-corrected chi connectivity index (χ3v) is 3.49. The maximum Gasteiger partial charge on any atom is 0.239 e. The van der Waals surface area contributed by atoms with Gasteiger partial charge in [-0.3, -0.25) is 4.79 Å². The van der Waals surface area contributed by atoms with Crippen LogP contribution in [0.15, 0.2) is 0 Å². The summed E-state index contributed by atoms with van der Waals surface area (Å²) in [6.07, 6.45) is 2.23. The molecular formula is C14H23N5O2. The number of anilines is 2. The van der Waals surface area contributed by atoms with Gasteiger partial charge in [0.05, 0.1) is 13.2 Å². The van der Waals surface area contributed by atoms with Crippen molar-refractivity contribution in [2.45, 2.75) is 25.7 Å². The highest BCUT2D eigenvalue weighted by Crippen LogP contribution is 2.39. The average molecular weight is 293 g/mol. The van der Waals surface area contributed by atoms with E-state index >= 15 is 0 Å². The van der Waals surface area contributed by atoms with E-state index in [1.807, 2.05) is 14.0 Å². The molecule has 0 bridgehead atoms. The minimum Gasteiger partial charge on any atom is -0.383 e. The summed E-state index contributed by atoms with van der Waals surface area (Å²) >= 11 is 0. The van der Waals surface area contributed by atoms with Crippen molar-refractivity contribution >= 4 is 17.5 Å². The van der Waals surface area contributed by atoms with Crippen LogP contribution in [-0.4, -0.2) is 49.7 Å². The quantitative estimate of drug-likeness (QED) is 0.709. The highest BCUT2D eigenvalue weighted by atomic mass is 16.5. The average Bonchev–Trinajstić information content (AvgIpc) is 3.26. The van der Waals surface area contributed by atoms with E-state index in [-0.39, 0.29) is 12.5 Å². The second-order valence-corrected chi connectivity index (χ2v) is 5.39. The summed E-state index contributed by atoms with van der Waals surface area (Å²) in [4.78, 5) is 22.6. The number of carbonyl (C=O) groups is 1. The summed E-state index contributed by atoms with van der Waals surface area (Å²) in [6.45, 7) is 3.11. The van der Waals surface area contributed by atoms with Crippen LogP contribution in [0.2, 0.25) is 0 Å². The van der Waals surface area contributed by atoms with Gasteiger partial charge in [-0.25, -0.2) is 9.97 Å². The first-order valence-electron chi connectivity index (χ1n) is 7.13. The van der Waals surface area contributed by atoms with Gasteiger partial charge in [0.15, 0.2) is 0 Å². The number of ether oxygens (including phenoxy) is 1. The number of aromatic nitrogens is 2. The van der Waals surface area contributed by atoms with Crippen LogP contribution in [-0.2, 0) is 9.53 Å². The lowest BCUT2D eigenvalue weighted by Gasteiger charge is -2.21. The fourth-order valence-corrected chi connectivity index (χ4v) is 2.07. The van der Waals surface area contributed by atoms with Gasteiger partial charge in [0.2, 0.25) is 5.91 Å². The van der Waals surface area contributed by atoms with Crippen LogP contribution in [0.25, 0.3) is 0 Å². The van der Waals surface area contributed by atoms with E-state index in [4.69, 9.17) is 10.5 Å². The van der Waals surface area contributed by atoms with E-state index < -0.39 is 0 Å². The number of carbonyl (C=O) groups excluding carboxylic acids is 1. The number of amides is 1. The molecule has 1 heterocycles. The predicted molar refractivity (Wildman–Crippen MR) is 81.3 cm³/mol. The maximum absolute atomic E-state index is 11.8. The Morgan fingerprint density at radius 3 is 2.81 bits per heavy atom. The second-order valence-electron chi connectivity index (χ2n) is 5.39. The minimum absolute atomic E-state index is 0.0703. The minimum atomic E-state index is -0.0703. The van der Waals surface area contributed by atoms with Gasteiger partial charge in [-0.15, -0.1) is 0 Å². The van der Waals surface area contributed by atoms with E-state index in [0.29, 0.717) is 24.9 Å². The van der Waals surface area contributed by atoms with Gasteiger partial charge in [-0.2, -0.15) is 0 Å². The molecule has 1 aliphatic carbocycles. The monoisotopic (exact) mass is 293 g/mol. The van der Waals surface area contributed by atoms with Crippen molar-refractivity contribution in [3.8, 4) is 0 Å². The summed E-state index contributed by atoms with van der Waals surface area (Å²) in [7, 11) is 3.44. The van der Waals surface area contributed by atoms with Gasteiger partial charge in [0, 0.05) is 32.2 Å². The summed E-state index contributed by atoms with van der Waals surface area (Å²) < 4.78 is 4.90. The maximum atomic E-state index is 11.8. The van der Waals surface area contributed by atoms with Crippen LogP contribution in [0.4, 0.5) is 11.6 Å². The summed E-state index contributed by atoms with van der Waals surface area (Å²) in [5.74, 6) is 2.37. The molecule has 1 aromatic rings. The molecule has 1 aliphatic rings. The lowest BCUT2D eigenvalue weighted by atomic mass is 10.2. The third kappa shape index (κ3) is 4.04. The predicted octanol–water partition coefficient (Wildman–Crippen LogP) is 0.443. The Kier molecular flexibility index (Phi) is 4.95. The number of nitrogens with zero attached hydrogens (tertiary/aromatic N) is 3. The summed E-state index contributed by atoms with van der Waals surface area (Å²) in [5, 5.41) is 2.79. The molecular weight excluding hydrogens is 270 g/mol. The molecule has 0 saturated heterocycles. The number of nitrogens with two attached hydrogens (primary N) is 1. The molecule has 1 aromatic heterocycles. The number of hydrogen-bond acceptors (Lipinski definition) is 6. The Morgan fingerprint density at radius 2 is 2.19 bits per heavy atom. The van der Waals surface area contributed by atoms with Crippen molar-refractivity contribution in [1.29, 1.82) is 0 Å². The van der Waals surface area contributed by atoms with Crippen LogP contribution in [0.1, 0.15) is 30.1 Å². The molecule has 0 unspecified atom stereocenters. The normalized spacial score (nSPS) is 14.0. The zero-order chi connectivity index (χ0) is 15.4. The molecule has 1 saturated carbocycles. The molecule has 0 aliphatic heterocycles. The molecule has 0 spiro atoms. The largest absolute Gasteiger partial charge is 0.383 e. The Hall–Kier alpha value is -1.89. The van der Waals surface area contributed by atoms with Crippen LogP contribution in [0.5, 0.6) is 0 Å². The number of nitrogens with one attached hydrogen (secondary N) is 1. The van der Waals surface area contributed by atoms with Gasteiger partial charge in [0.1, 0.15) is 17.5 Å². The SMILES string of the molecule is COCCNC(=O)CN(C)c1nc(C2CC2)nc(N)c1C. The van der Waals surface area contributed by atoms with Gasteiger partial charge >= 0.3 is 0 Å². The molecule has 7 heteroatoms. The van der Waals surface area contributed by atoms with E-state index in [2.05, 4.69) is 15.3 Å². The van der Waals surface area contributed by atoms with Gasteiger partial charge in [-0.1, -0.05) is 0 Å². The topological polar surface area (TPSA) is 93.4 Å². The van der Waals surface area contributed by atoms with Crippen molar-refractivity contribution in [1.82, 2.24) is 15.3 Å². The van der Waals surface area contributed by atoms with E-state index in [1.165, 1.54) is 0 Å². The number of likely N-dealkylation sites (N-methyl/N-ethyl adjacent to an activating group) is 1. The van der Waals surface area contributed by atoms with Crippen LogP contribution < -0.4 is 16.0 Å². The van der Waals surface area contributed by atoms with Crippen LogP contribution in [0, 0.1) is 6.92 Å². The number of methoxy groups -OCH3 is 1. The second kappa shape index (κ2) is 6.71. The number of hydrogen-bond donors (Lipinski definition) is 2. The Bertz CT molecular complexity index is 516. The molecule has 0 atom stereocenters. The van der Waals surface area contributed by atoms with Crippen molar-refractivity contribution in [2.75, 3.05) is 44.5 Å². The first kappa shape index (κ1) is 15.5. The molecule has 7 nitrogen and oxygen atoms in total. The standard InChI is InChI=1S/C14H23N5O2/c1-9-12(15)17-13(10-4-5-10)18-14(9)19(2)8-11(20)16-6-7-21-3/h10H,4-8H2,1-3H3,(H,16,20)(H2,15,17,18). The Labute approximate surface area is 124 Å².